The number of benzene rings is 2. The van der Waals surface area contributed by atoms with Crippen LogP contribution in [0.5, 0.6) is 5.75 Å². The van der Waals surface area contributed by atoms with Crippen LogP contribution in [0.1, 0.15) is 5.56 Å². The van der Waals surface area contributed by atoms with Crippen LogP contribution in [0.3, 0.4) is 0 Å². The lowest BCUT2D eigenvalue weighted by Gasteiger charge is -2.26. The fraction of sp³-hybridized carbons (Fsp3) is 0.261. The number of hydrogen-bond donors (Lipinski definition) is 0. The Kier molecular flexibility index (Phi) is 6.57. The Morgan fingerprint density at radius 1 is 1.16 bits per heavy atom. The van der Waals surface area contributed by atoms with Crippen molar-refractivity contribution < 1.29 is 13.3 Å². The largest absolute Gasteiger partial charge is 0.494 e. The van der Waals surface area contributed by atoms with E-state index >= 15 is 4.39 Å². The van der Waals surface area contributed by atoms with E-state index < -0.39 is 5.82 Å². The maximum atomic E-state index is 15.2. The second-order valence-corrected chi connectivity index (χ2v) is 7.84. The number of methoxy groups -OCH3 is 1. The predicted molar refractivity (Wildman–Crippen MR) is 126 cm³/mol. The molecule has 0 bridgehead atoms. The van der Waals surface area contributed by atoms with Gasteiger partial charge in [0.15, 0.2) is 11.6 Å². The smallest absolute Gasteiger partial charge is 0.188 e. The minimum atomic E-state index is -0.419. The minimum Gasteiger partial charge on any atom is -0.494 e. The van der Waals surface area contributed by atoms with E-state index in [1.165, 1.54) is 19.2 Å². The van der Waals surface area contributed by atoms with Gasteiger partial charge in [0.05, 0.1) is 48.5 Å². The lowest BCUT2D eigenvalue weighted by molar-refractivity contribution is 0.380. The van der Waals surface area contributed by atoms with Gasteiger partial charge in [-0.05, 0) is 54.9 Å². The molecule has 0 aliphatic rings. The van der Waals surface area contributed by atoms with E-state index in [0.717, 1.165) is 28.0 Å². The summed E-state index contributed by atoms with van der Waals surface area (Å²) in [7, 11) is 3.32. The van der Waals surface area contributed by atoms with E-state index in [9.17, 15) is 0 Å². The molecule has 4 rings (SSSR count). The summed E-state index contributed by atoms with van der Waals surface area (Å²) in [5, 5.41) is 4.21. The van der Waals surface area contributed by atoms with Gasteiger partial charge in [-0.15, -0.1) is 0 Å². The van der Waals surface area contributed by atoms with E-state index in [0.29, 0.717) is 24.4 Å². The Morgan fingerprint density at radius 2 is 2.00 bits per heavy atom. The fourth-order valence-electron chi connectivity index (χ4n) is 3.52. The molecule has 0 atom stereocenters. The molecule has 0 N–H and O–H groups in total. The van der Waals surface area contributed by atoms with Crippen molar-refractivity contribution in [2.24, 2.45) is 7.05 Å². The number of rotatable bonds is 8. The Bertz CT molecular complexity index is 1250. The molecular formula is C23H24FN5O2S. The molecule has 0 aliphatic heterocycles. The van der Waals surface area contributed by atoms with Gasteiger partial charge in [-0.1, -0.05) is 0 Å². The van der Waals surface area contributed by atoms with E-state index in [4.69, 9.17) is 13.9 Å². The van der Waals surface area contributed by atoms with Gasteiger partial charge in [-0.2, -0.15) is 5.10 Å². The van der Waals surface area contributed by atoms with Gasteiger partial charge in [0.25, 0.3) is 0 Å². The Hall–Kier alpha value is -3.17. The monoisotopic (exact) mass is 453 g/mol. The Labute approximate surface area is 190 Å². The van der Waals surface area contributed by atoms with Gasteiger partial charge in [-0.3, -0.25) is 9.67 Å². The van der Waals surface area contributed by atoms with Crippen molar-refractivity contribution in [3.63, 3.8) is 0 Å². The molecule has 7 nitrogen and oxygen atoms in total. The summed E-state index contributed by atoms with van der Waals surface area (Å²) in [5.41, 5.74) is 5.17. The first-order valence-corrected chi connectivity index (χ1v) is 11.2. The summed E-state index contributed by atoms with van der Waals surface area (Å²) in [6.45, 7) is 2.77. The predicted octanol–water partition coefficient (Wildman–Crippen LogP) is 4.92. The van der Waals surface area contributed by atoms with E-state index in [1.54, 1.807) is 29.2 Å². The van der Waals surface area contributed by atoms with Crippen molar-refractivity contribution in [2.75, 3.05) is 31.4 Å². The van der Waals surface area contributed by atoms with Crippen LogP contribution >= 0.6 is 12.0 Å². The minimum absolute atomic E-state index is 0.204. The second-order valence-electron chi connectivity index (χ2n) is 7.27. The third kappa shape index (κ3) is 4.53. The molecular weight excluding hydrogens is 429 g/mol. The van der Waals surface area contributed by atoms with Crippen molar-refractivity contribution >= 4 is 34.5 Å². The summed E-state index contributed by atoms with van der Waals surface area (Å²) < 4.78 is 27.7. The van der Waals surface area contributed by atoms with Crippen LogP contribution < -0.4 is 9.64 Å². The Morgan fingerprint density at radius 3 is 2.72 bits per heavy atom. The highest BCUT2D eigenvalue weighted by molar-refractivity contribution is 7.93. The first-order chi connectivity index (χ1) is 15.5. The molecule has 9 heteroatoms. The number of aryl methyl sites for hydroxylation is 2. The molecule has 0 spiro atoms. The highest BCUT2D eigenvalue weighted by Crippen LogP contribution is 2.35. The quantitative estimate of drug-likeness (QED) is 0.277. The molecule has 0 aliphatic carbocycles. The van der Waals surface area contributed by atoms with Crippen LogP contribution in [0.2, 0.25) is 0 Å². The maximum absolute atomic E-state index is 15.2. The van der Waals surface area contributed by atoms with Crippen LogP contribution in [0.25, 0.3) is 22.3 Å². The first kappa shape index (κ1) is 22.0. The number of ether oxygens (including phenoxy) is 1. The van der Waals surface area contributed by atoms with Gasteiger partial charge in [0, 0.05) is 37.3 Å². The molecule has 0 saturated carbocycles. The molecule has 0 unspecified atom stereocenters. The van der Waals surface area contributed by atoms with Crippen LogP contribution in [0.4, 0.5) is 15.8 Å². The van der Waals surface area contributed by atoms with Crippen LogP contribution in [0, 0.1) is 12.7 Å². The molecule has 0 radical (unpaired) electrons. The highest BCUT2D eigenvalue weighted by atomic mass is 32.2. The van der Waals surface area contributed by atoms with Crippen molar-refractivity contribution in [3.8, 4) is 17.0 Å². The molecule has 4 aromatic rings. The third-order valence-corrected chi connectivity index (χ3v) is 5.43. The number of halogens is 1. The lowest BCUT2D eigenvalue weighted by Crippen LogP contribution is -2.23. The van der Waals surface area contributed by atoms with Crippen molar-refractivity contribution in [1.29, 1.82) is 0 Å². The maximum Gasteiger partial charge on any atom is 0.188 e. The molecule has 2 aromatic heterocycles. The molecule has 0 saturated heterocycles. The molecule has 0 amide bonds. The van der Waals surface area contributed by atoms with Crippen molar-refractivity contribution in [3.05, 3.63) is 60.3 Å². The van der Waals surface area contributed by atoms with Gasteiger partial charge in [0.1, 0.15) is 0 Å². The zero-order valence-electron chi connectivity index (χ0n) is 18.4. The molecule has 2 heterocycles. The number of anilines is 2. The van der Waals surface area contributed by atoms with Crippen LogP contribution in [0.15, 0.2) is 48.9 Å². The summed E-state index contributed by atoms with van der Waals surface area (Å²) in [4.78, 5) is 11.2. The fourth-order valence-corrected chi connectivity index (χ4v) is 3.76. The number of fused-ring (bicyclic) bond motifs is 1. The normalized spacial score (nSPS) is 11.2. The van der Waals surface area contributed by atoms with E-state index in [1.807, 2.05) is 49.5 Å². The first-order valence-electron chi connectivity index (χ1n) is 10.0. The zero-order chi connectivity index (χ0) is 22.7. The van der Waals surface area contributed by atoms with Crippen molar-refractivity contribution in [2.45, 2.75) is 6.92 Å². The second kappa shape index (κ2) is 9.54. The van der Waals surface area contributed by atoms with Gasteiger partial charge >= 0.3 is 0 Å². The zero-order valence-corrected chi connectivity index (χ0v) is 19.2. The number of hydrogen-bond acceptors (Lipinski definition) is 7. The summed E-state index contributed by atoms with van der Waals surface area (Å²) in [5.74, 6) is -0.215. The van der Waals surface area contributed by atoms with E-state index in [2.05, 4.69) is 10.1 Å². The molecule has 0 fully saturated rings. The third-order valence-electron chi connectivity index (χ3n) is 5.03. The van der Waals surface area contributed by atoms with Crippen LogP contribution in [-0.4, -0.2) is 46.3 Å². The summed E-state index contributed by atoms with van der Waals surface area (Å²) in [6, 6.07) is 9.20. The molecule has 2 aromatic carbocycles. The SMILES string of the molecule is COc1cc(C)cc(N(CCOSC)c2ccc3ncc(-c4cnn(C)c4)nc3c2)c1F. The number of nitrogens with zero attached hydrogens (tertiary/aromatic N) is 5. The summed E-state index contributed by atoms with van der Waals surface area (Å²) in [6.07, 6.45) is 7.22. The topological polar surface area (TPSA) is 65.3 Å². The average molecular weight is 454 g/mol. The van der Waals surface area contributed by atoms with Gasteiger partial charge in [-0.25, -0.2) is 9.37 Å². The van der Waals surface area contributed by atoms with Gasteiger partial charge in [0.2, 0.25) is 0 Å². The Balaban J connectivity index is 1.80. The highest BCUT2D eigenvalue weighted by Gasteiger charge is 2.19. The summed E-state index contributed by atoms with van der Waals surface area (Å²) >= 11 is 1.28. The molecule has 32 heavy (non-hydrogen) atoms. The van der Waals surface area contributed by atoms with Crippen molar-refractivity contribution in [1.82, 2.24) is 19.7 Å². The van der Waals surface area contributed by atoms with Crippen LogP contribution in [-0.2, 0) is 11.2 Å². The number of aromatic nitrogens is 4. The standard InChI is InChI=1S/C23H24FN5O2S/c1-15-9-21(23(24)22(10-15)30-3)29(7-8-31-32-4)17-5-6-18-19(11-17)27-20(13-25-18)16-12-26-28(2)14-16/h5-6,9-14H,7-8H2,1-4H3. The lowest BCUT2D eigenvalue weighted by atomic mass is 10.1. The molecule has 166 valence electrons. The van der Waals surface area contributed by atoms with E-state index in [-0.39, 0.29) is 5.75 Å². The average Bonchev–Trinajstić information content (AvgIpc) is 3.24. The van der Waals surface area contributed by atoms with Gasteiger partial charge < -0.3 is 13.8 Å².